The lowest BCUT2D eigenvalue weighted by Gasteiger charge is -2.39. The fourth-order valence-corrected chi connectivity index (χ4v) is 5.49. The molecule has 1 N–H and O–H groups in total. The third kappa shape index (κ3) is 9.78. The zero-order valence-corrected chi connectivity index (χ0v) is 25.6. The summed E-state index contributed by atoms with van der Waals surface area (Å²) in [5.74, 6) is -1.26. The standard InChI is InChI=1S/C31H45NO10/c1-18(9-12-27-30(41-23(6)34)31(17-38-31)16-24(42-27)15-29(36)37-7)8-11-26-19(2)14-25(21(4)40-26)32-28(35)13-10-20(3)39-22(5)33/h8-10,12-13,19-21,24-27,30H,11,14-17H2,1-7H3,(H,32,35)/b12-9+,13-10-,18-8+/t19-,20-,21+,24+,25+,26-,27+,30+,31+/m0/s1. The lowest BCUT2D eigenvalue weighted by molar-refractivity contribution is -0.181. The first-order valence-corrected chi connectivity index (χ1v) is 14.5. The second-order valence-corrected chi connectivity index (χ2v) is 11.5. The molecule has 0 aromatic carbocycles. The van der Waals surface area contributed by atoms with Crippen LogP contribution in [0.15, 0.2) is 36.0 Å². The van der Waals surface area contributed by atoms with Gasteiger partial charge in [0.05, 0.1) is 44.5 Å². The normalized spacial score (nSPS) is 33.8. The number of carbonyl (C=O) groups is 4. The largest absolute Gasteiger partial charge is 0.469 e. The minimum absolute atomic E-state index is 0.0247. The number of amides is 1. The zero-order valence-electron chi connectivity index (χ0n) is 25.6. The molecule has 3 fully saturated rings. The molecule has 0 aromatic heterocycles. The number of nitrogens with one attached hydrogen (secondary N) is 1. The van der Waals surface area contributed by atoms with Crippen molar-refractivity contribution in [3.63, 3.8) is 0 Å². The highest BCUT2D eigenvalue weighted by molar-refractivity contribution is 5.87. The number of ether oxygens (including phenoxy) is 6. The molecule has 9 atom stereocenters. The molecule has 3 aliphatic heterocycles. The van der Waals surface area contributed by atoms with Crippen LogP contribution in [0.5, 0.6) is 0 Å². The lowest BCUT2D eigenvalue weighted by atomic mass is 9.87. The van der Waals surface area contributed by atoms with Gasteiger partial charge in [-0.05, 0) is 45.6 Å². The van der Waals surface area contributed by atoms with Crippen molar-refractivity contribution in [3.05, 3.63) is 36.0 Å². The molecule has 42 heavy (non-hydrogen) atoms. The van der Waals surface area contributed by atoms with E-state index in [0.29, 0.717) is 19.4 Å². The van der Waals surface area contributed by atoms with Gasteiger partial charge in [0.15, 0.2) is 6.10 Å². The average molecular weight is 592 g/mol. The Morgan fingerprint density at radius 2 is 1.79 bits per heavy atom. The molecule has 0 unspecified atom stereocenters. The van der Waals surface area contributed by atoms with Gasteiger partial charge < -0.3 is 33.7 Å². The topological polar surface area (TPSA) is 139 Å². The Labute approximate surface area is 247 Å². The van der Waals surface area contributed by atoms with Crippen molar-refractivity contribution in [2.24, 2.45) is 5.92 Å². The predicted octanol–water partition coefficient (Wildman–Crippen LogP) is 3.11. The molecule has 1 spiro atoms. The summed E-state index contributed by atoms with van der Waals surface area (Å²) in [7, 11) is 1.34. The van der Waals surface area contributed by atoms with Gasteiger partial charge in [0.25, 0.3) is 0 Å². The molecule has 0 aromatic rings. The smallest absolute Gasteiger partial charge is 0.308 e. The lowest BCUT2D eigenvalue weighted by Crippen LogP contribution is -2.52. The fourth-order valence-electron chi connectivity index (χ4n) is 5.49. The second-order valence-electron chi connectivity index (χ2n) is 11.5. The number of carbonyl (C=O) groups excluding carboxylic acids is 4. The van der Waals surface area contributed by atoms with Gasteiger partial charge >= 0.3 is 17.9 Å². The van der Waals surface area contributed by atoms with Crippen LogP contribution in [0.2, 0.25) is 0 Å². The molecule has 3 saturated heterocycles. The summed E-state index contributed by atoms with van der Waals surface area (Å²) in [6.45, 7) is 10.8. The zero-order chi connectivity index (χ0) is 31.0. The molecule has 0 radical (unpaired) electrons. The maximum atomic E-state index is 12.4. The van der Waals surface area contributed by atoms with Gasteiger partial charge in [-0.3, -0.25) is 19.2 Å². The quantitative estimate of drug-likeness (QED) is 0.125. The van der Waals surface area contributed by atoms with E-state index in [1.165, 1.54) is 27.0 Å². The SMILES string of the molecule is COC(=O)C[C@@H]1C[C@@]2(CO2)[C@H](OC(C)=O)[C@@H](/C=C/C(C)=C/C[C@@H]2O[C@H](C)[C@H](NC(=O)/C=C\[C@H](C)OC(C)=O)C[C@@H]2C)O1. The number of epoxide rings is 1. The first-order valence-electron chi connectivity index (χ1n) is 14.5. The highest BCUT2D eigenvalue weighted by Crippen LogP contribution is 2.45. The third-order valence-electron chi connectivity index (χ3n) is 7.81. The number of allylic oxidation sites excluding steroid dienone is 2. The molecule has 234 valence electrons. The van der Waals surface area contributed by atoms with Gasteiger partial charge in [-0.25, -0.2) is 0 Å². The van der Waals surface area contributed by atoms with Crippen LogP contribution in [0.25, 0.3) is 0 Å². The van der Waals surface area contributed by atoms with Crippen molar-refractivity contribution in [1.82, 2.24) is 5.32 Å². The molecule has 0 aliphatic carbocycles. The Kier molecular flexibility index (Phi) is 11.9. The van der Waals surface area contributed by atoms with E-state index in [0.717, 1.165) is 12.0 Å². The van der Waals surface area contributed by atoms with Crippen LogP contribution in [0, 0.1) is 5.92 Å². The fraction of sp³-hybridized carbons (Fsp3) is 0.677. The Morgan fingerprint density at radius 3 is 2.40 bits per heavy atom. The number of hydrogen-bond acceptors (Lipinski definition) is 10. The number of rotatable bonds is 11. The minimum Gasteiger partial charge on any atom is -0.469 e. The Hall–Kier alpha value is -3.02. The van der Waals surface area contributed by atoms with Crippen molar-refractivity contribution in [2.45, 2.75) is 115 Å². The van der Waals surface area contributed by atoms with Gasteiger partial charge in [0.1, 0.15) is 17.8 Å². The van der Waals surface area contributed by atoms with E-state index in [1.54, 1.807) is 13.0 Å². The van der Waals surface area contributed by atoms with Gasteiger partial charge in [0, 0.05) is 26.3 Å². The van der Waals surface area contributed by atoms with E-state index in [4.69, 9.17) is 28.4 Å². The Balaban J connectivity index is 1.57. The van der Waals surface area contributed by atoms with E-state index in [2.05, 4.69) is 18.3 Å². The Bertz CT molecular complexity index is 1080. The molecule has 3 aliphatic rings. The van der Waals surface area contributed by atoms with Crippen LogP contribution in [0.3, 0.4) is 0 Å². The summed E-state index contributed by atoms with van der Waals surface area (Å²) in [6.07, 6.45) is 8.46. The van der Waals surface area contributed by atoms with Crippen LogP contribution in [0.1, 0.15) is 67.2 Å². The van der Waals surface area contributed by atoms with Crippen LogP contribution >= 0.6 is 0 Å². The van der Waals surface area contributed by atoms with Crippen LogP contribution < -0.4 is 5.32 Å². The van der Waals surface area contributed by atoms with E-state index in [1.807, 2.05) is 26.0 Å². The highest BCUT2D eigenvalue weighted by Gasteiger charge is 2.60. The second kappa shape index (κ2) is 14.9. The van der Waals surface area contributed by atoms with E-state index in [-0.39, 0.29) is 42.5 Å². The van der Waals surface area contributed by atoms with Crippen LogP contribution in [0.4, 0.5) is 0 Å². The maximum absolute atomic E-state index is 12.4. The first kappa shape index (κ1) is 33.5. The van der Waals surface area contributed by atoms with Gasteiger partial charge in [-0.15, -0.1) is 0 Å². The van der Waals surface area contributed by atoms with Crippen molar-refractivity contribution in [3.8, 4) is 0 Å². The molecule has 3 rings (SSSR count). The molecular formula is C31H45NO10. The highest BCUT2D eigenvalue weighted by atomic mass is 16.7. The van der Waals surface area contributed by atoms with Crippen LogP contribution in [-0.2, 0) is 47.6 Å². The molecule has 11 heteroatoms. The molecule has 1 amide bonds. The van der Waals surface area contributed by atoms with Gasteiger partial charge in [0.2, 0.25) is 5.91 Å². The first-order chi connectivity index (χ1) is 19.8. The molecule has 0 saturated carbocycles. The van der Waals surface area contributed by atoms with Crippen molar-refractivity contribution >= 4 is 23.8 Å². The summed E-state index contributed by atoms with van der Waals surface area (Å²) in [5, 5.41) is 2.99. The van der Waals surface area contributed by atoms with Crippen molar-refractivity contribution in [1.29, 1.82) is 0 Å². The van der Waals surface area contributed by atoms with Gasteiger partial charge in [-0.1, -0.05) is 30.7 Å². The summed E-state index contributed by atoms with van der Waals surface area (Å²) in [4.78, 5) is 47.1. The molecule has 0 bridgehead atoms. The third-order valence-corrected chi connectivity index (χ3v) is 7.81. The Morgan fingerprint density at radius 1 is 1.07 bits per heavy atom. The number of hydrogen-bond donors (Lipinski definition) is 1. The summed E-state index contributed by atoms with van der Waals surface area (Å²) in [5.41, 5.74) is 0.325. The van der Waals surface area contributed by atoms with E-state index in [9.17, 15) is 19.2 Å². The maximum Gasteiger partial charge on any atom is 0.308 e. The summed E-state index contributed by atoms with van der Waals surface area (Å²) in [6, 6.07) is -0.140. The van der Waals surface area contributed by atoms with E-state index < -0.39 is 42.0 Å². The average Bonchev–Trinajstić information content (AvgIpc) is 3.68. The van der Waals surface area contributed by atoms with Crippen molar-refractivity contribution < 1.29 is 47.6 Å². The molecule has 11 nitrogen and oxygen atoms in total. The monoisotopic (exact) mass is 591 g/mol. The summed E-state index contributed by atoms with van der Waals surface area (Å²) < 4.78 is 33.6. The summed E-state index contributed by atoms with van der Waals surface area (Å²) >= 11 is 0. The number of esters is 3. The minimum atomic E-state index is -0.654. The van der Waals surface area contributed by atoms with Crippen LogP contribution in [-0.4, -0.2) is 85.8 Å². The van der Waals surface area contributed by atoms with Crippen molar-refractivity contribution in [2.75, 3.05) is 13.7 Å². The number of methoxy groups -OCH3 is 1. The molecule has 3 heterocycles. The predicted molar refractivity (Wildman–Crippen MR) is 152 cm³/mol. The van der Waals surface area contributed by atoms with E-state index >= 15 is 0 Å². The van der Waals surface area contributed by atoms with Gasteiger partial charge in [-0.2, -0.15) is 0 Å². The molecular weight excluding hydrogens is 546 g/mol.